The molecule has 3 N–H and O–H groups in total. The molecule has 0 bridgehead atoms. The van der Waals surface area contributed by atoms with E-state index in [0.29, 0.717) is 4.99 Å². The molecule has 2 aromatic rings. The molecule has 2 rings (SSSR count). The molecule has 19 heavy (non-hydrogen) atoms. The molecule has 2 aromatic carbocycles. The smallest absolute Gasteiger partial charge is 0.106 e. The lowest BCUT2D eigenvalue weighted by atomic mass is 10.1. The molecule has 0 aliphatic carbocycles. The fourth-order valence-corrected chi connectivity index (χ4v) is 2.51. The molecule has 0 aliphatic heterocycles. The predicted molar refractivity (Wildman–Crippen MR) is 89.2 cm³/mol. The second kappa shape index (κ2) is 5.72. The fraction of sp³-hybridized carbons (Fsp3) is 0.133. The first-order valence-electron chi connectivity index (χ1n) is 5.91. The first-order chi connectivity index (χ1) is 8.99. The highest BCUT2D eigenvalue weighted by Crippen LogP contribution is 2.28. The van der Waals surface area contributed by atoms with Crippen LogP contribution in [0.1, 0.15) is 16.7 Å². The second-order valence-electron chi connectivity index (χ2n) is 4.45. The molecule has 0 fully saturated rings. The minimum Gasteiger partial charge on any atom is -0.389 e. The lowest BCUT2D eigenvalue weighted by Gasteiger charge is -2.15. The third kappa shape index (κ3) is 3.14. The average molecular weight is 335 g/mol. The Hall–Kier alpha value is -1.39. The second-order valence-corrected chi connectivity index (χ2v) is 5.80. The number of rotatable bonds is 3. The number of nitrogens with two attached hydrogens (primary N) is 1. The number of hydrogen-bond donors (Lipinski definition) is 2. The average Bonchev–Trinajstić information content (AvgIpc) is 2.35. The first kappa shape index (κ1) is 14.0. The van der Waals surface area contributed by atoms with Gasteiger partial charge in [-0.05, 0) is 43.2 Å². The fourth-order valence-electron chi connectivity index (χ4n) is 1.98. The van der Waals surface area contributed by atoms with E-state index in [4.69, 9.17) is 18.0 Å². The van der Waals surface area contributed by atoms with Crippen LogP contribution in [-0.2, 0) is 0 Å². The minimum atomic E-state index is 0.384. The van der Waals surface area contributed by atoms with Crippen molar-refractivity contribution in [1.82, 2.24) is 0 Å². The summed E-state index contributed by atoms with van der Waals surface area (Å²) >= 11 is 8.54. The summed E-state index contributed by atoms with van der Waals surface area (Å²) < 4.78 is 0.961. The van der Waals surface area contributed by atoms with E-state index >= 15 is 0 Å². The molecule has 2 nitrogen and oxygen atoms in total. The molecule has 0 heterocycles. The van der Waals surface area contributed by atoms with E-state index in [0.717, 1.165) is 21.4 Å². The zero-order chi connectivity index (χ0) is 14.0. The number of benzene rings is 2. The van der Waals surface area contributed by atoms with Crippen molar-refractivity contribution in [2.75, 3.05) is 5.32 Å². The molecular weight excluding hydrogens is 320 g/mol. The Balaban J connectivity index is 2.47. The van der Waals surface area contributed by atoms with E-state index in [2.05, 4.69) is 47.2 Å². The molecular formula is C15H15BrN2S. The molecule has 0 saturated heterocycles. The van der Waals surface area contributed by atoms with Crippen LogP contribution < -0.4 is 11.1 Å². The van der Waals surface area contributed by atoms with Gasteiger partial charge in [0.15, 0.2) is 0 Å². The van der Waals surface area contributed by atoms with E-state index in [-0.39, 0.29) is 0 Å². The van der Waals surface area contributed by atoms with Gasteiger partial charge in [0.05, 0.1) is 0 Å². The number of halogens is 1. The van der Waals surface area contributed by atoms with Crippen LogP contribution in [-0.4, -0.2) is 4.99 Å². The van der Waals surface area contributed by atoms with Gasteiger partial charge in [0.2, 0.25) is 0 Å². The van der Waals surface area contributed by atoms with E-state index in [1.807, 2.05) is 24.3 Å². The van der Waals surface area contributed by atoms with Crippen molar-refractivity contribution in [1.29, 1.82) is 0 Å². The number of thiocarbonyl (C=S) groups is 1. The lowest BCUT2D eigenvalue weighted by molar-refractivity contribution is 1.35. The number of anilines is 2. The van der Waals surface area contributed by atoms with Crippen molar-refractivity contribution < 1.29 is 0 Å². The number of hydrogen-bond acceptors (Lipinski definition) is 2. The van der Waals surface area contributed by atoms with E-state index in [9.17, 15) is 0 Å². The Morgan fingerprint density at radius 2 is 1.79 bits per heavy atom. The molecule has 0 aromatic heterocycles. The van der Waals surface area contributed by atoms with Crippen molar-refractivity contribution in [3.05, 3.63) is 57.6 Å². The van der Waals surface area contributed by atoms with Crippen LogP contribution in [0, 0.1) is 13.8 Å². The first-order valence-corrected chi connectivity index (χ1v) is 7.12. The van der Waals surface area contributed by atoms with Crippen molar-refractivity contribution in [2.45, 2.75) is 13.8 Å². The zero-order valence-electron chi connectivity index (χ0n) is 10.8. The van der Waals surface area contributed by atoms with Crippen molar-refractivity contribution >= 4 is 44.5 Å². The summed E-state index contributed by atoms with van der Waals surface area (Å²) in [7, 11) is 0. The van der Waals surface area contributed by atoms with Crippen molar-refractivity contribution in [3.8, 4) is 0 Å². The third-order valence-corrected chi connectivity index (χ3v) is 3.70. The van der Waals surface area contributed by atoms with Gasteiger partial charge in [-0.15, -0.1) is 0 Å². The summed E-state index contributed by atoms with van der Waals surface area (Å²) in [5.74, 6) is 0. The molecule has 0 unspecified atom stereocenters. The molecule has 0 aliphatic rings. The van der Waals surface area contributed by atoms with Crippen molar-refractivity contribution in [3.63, 3.8) is 0 Å². The Labute approximate surface area is 127 Å². The normalized spacial score (nSPS) is 10.3. The number of para-hydroxylation sites is 1. The van der Waals surface area contributed by atoms with E-state index in [1.54, 1.807) is 0 Å². The Morgan fingerprint density at radius 1 is 1.16 bits per heavy atom. The SMILES string of the molecule is Cc1cccc(C)c1Nc1ccc(Br)cc1C(N)=S. The number of nitrogens with one attached hydrogen (secondary N) is 1. The summed E-state index contributed by atoms with van der Waals surface area (Å²) in [4.78, 5) is 0.384. The minimum absolute atomic E-state index is 0.384. The van der Waals surface area contributed by atoms with Gasteiger partial charge in [-0.3, -0.25) is 0 Å². The van der Waals surface area contributed by atoms with Crippen molar-refractivity contribution in [2.24, 2.45) is 5.73 Å². The summed E-state index contributed by atoms with van der Waals surface area (Å²) in [5.41, 5.74) is 11.0. The Kier molecular flexibility index (Phi) is 4.22. The standard InChI is InChI=1S/C15H15BrN2S/c1-9-4-3-5-10(2)14(9)18-13-7-6-11(16)8-12(13)15(17)19/h3-8,18H,1-2H3,(H2,17,19). The topological polar surface area (TPSA) is 38.0 Å². The van der Waals surface area contributed by atoms with Crippen LogP contribution in [0.2, 0.25) is 0 Å². The maximum atomic E-state index is 5.78. The van der Waals surface area contributed by atoms with Gasteiger partial charge >= 0.3 is 0 Å². The molecule has 0 atom stereocenters. The van der Waals surface area contributed by atoms with Gasteiger partial charge in [0.1, 0.15) is 4.99 Å². The van der Waals surface area contributed by atoms with Gasteiger partial charge in [0.25, 0.3) is 0 Å². The maximum Gasteiger partial charge on any atom is 0.106 e. The molecule has 0 amide bonds. The van der Waals surface area contributed by atoms with Gasteiger partial charge in [-0.25, -0.2) is 0 Å². The predicted octanol–water partition coefficient (Wildman–Crippen LogP) is 4.44. The maximum absolute atomic E-state index is 5.78. The van der Waals surface area contributed by atoms with Crippen LogP contribution in [0.4, 0.5) is 11.4 Å². The lowest BCUT2D eigenvalue weighted by Crippen LogP contribution is -2.12. The number of aryl methyl sites for hydroxylation is 2. The summed E-state index contributed by atoms with van der Waals surface area (Å²) in [6.45, 7) is 4.16. The molecule has 4 heteroatoms. The largest absolute Gasteiger partial charge is 0.389 e. The third-order valence-electron chi connectivity index (χ3n) is 2.99. The highest BCUT2D eigenvalue weighted by molar-refractivity contribution is 9.10. The van der Waals surface area contributed by atoms with Gasteiger partial charge < -0.3 is 11.1 Å². The summed E-state index contributed by atoms with van der Waals surface area (Å²) in [6, 6.07) is 12.1. The van der Waals surface area contributed by atoms with Crippen LogP contribution in [0.15, 0.2) is 40.9 Å². The molecule has 0 radical (unpaired) electrons. The van der Waals surface area contributed by atoms with Gasteiger partial charge in [0, 0.05) is 21.4 Å². The summed E-state index contributed by atoms with van der Waals surface area (Å²) in [5, 5.41) is 3.43. The molecule has 0 spiro atoms. The monoisotopic (exact) mass is 334 g/mol. The van der Waals surface area contributed by atoms with Gasteiger partial charge in [-0.2, -0.15) is 0 Å². The quantitative estimate of drug-likeness (QED) is 0.814. The molecule has 0 saturated carbocycles. The van der Waals surface area contributed by atoms with E-state index < -0.39 is 0 Å². The van der Waals surface area contributed by atoms with Crippen LogP contribution >= 0.6 is 28.1 Å². The summed E-state index contributed by atoms with van der Waals surface area (Å²) in [6.07, 6.45) is 0. The van der Waals surface area contributed by atoms with E-state index in [1.165, 1.54) is 11.1 Å². The van der Waals surface area contributed by atoms with Crippen LogP contribution in [0.5, 0.6) is 0 Å². The van der Waals surface area contributed by atoms with Gasteiger partial charge in [-0.1, -0.05) is 46.3 Å². The van der Waals surface area contributed by atoms with Crippen LogP contribution in [0.3, 0.4) is 0 Å². The Bertz CT molecular complexity index is 618. The van der Waals surface area contributed by atoms with Crippen LogP contribution in [0.25, 0.3) is 0 Å². The zero-order valence-corrected chi connectivity index (χ0v) is 13.2. The highest BCUT2D eigenvalue weighted by Gasteiger charge is 2.09. The molecule has 98 valence electrons. The Morgan fingerprint density at radius 3 is 2.37 bits per heavy atom. The highest BCUT2D eigenvalue weighted by atomic mass is 79.9.